The Balaban J connectivity index is 0.00000225. The van der Waals surface area contributed by atoms with E-state index in [0.29, 0.717) is 5.75 Å². The molecule has 0 spiro atoms. The van der Waals surface area contributed by atoms with Crippen molar-refractivity contribution >= 4 is 29.3 Å². The number of halogens is 3. The maximum atomic E-state index is 13.4. The highest BCUT2D eigenvalue weighted by Gasteiger charge is 2.31. The number of hydrogen-bond acceptors (Lipinski definition) is 3. The average Bonchev–Trinajstić information content (AvgIpc) is 3.15. The molecular formula is C22H19ClF2N2S. The molecule has 2 atom stereocenters. The van der Waals surface area contributed by atoms with Crippen molar-refractivity contribution in [3.8, 4) is 0 Å². The summed E-state index contributed by atoms with van der Waals surface area (Å²) in [7, 11) is 0. The maximum Gasteiger partial charge on any atom is 0.159 e. The number of thioether (sulfide) groups is 1. The van der Waals surface area contributed by atoms with Crippen LogP contribution >= 0.6 is 24.2 Å². The zero-order valence-corrected chi connectivity index (χ0v) is 16.5. The molecule has 1 N–H and O–H groups in total. The summed E-state index contributed by atoms with van der Waals surface area (Å²) in [5, 5.41) is 4.31. The number of nitrogens with zero attached hydrogens (tertiary/aromatic N) is 1. The summed E-state index contributed by atoms with van der Waals surface area (Å²) < 4.78 is 26.5. The summed E-state index contributed by atoms with van der Waals surface area (Å²) in [5.41, 5.74) is 3.03. The lowest BCUT2D eigenvalue weighted by atomic mass is 9.95. The van der Waals surface area contributed by atoms with Gasteiger partial charge in [-0.05, 0) is 28.8 Å². The lowest BCUT2D eigenvalue weighted by Crippen LogP contribution is -2.22. The van der Waals surface area contributed by atoms with Gasteiger partial charge in [-0.3, -0.25) is 4.99 Å². The summed E-state index contributed by atoms with van der Waals surface area (Å²) in [6.45, 7) is 0. The lowest BCUT2D eigenvalue weighted by Gasteiger charge is -2.19. The summed E-state index contributed by atoms with van der Waals surface area (Å²) in [6, 6.07) is 24.4. The van der Waals surface area contributed by atoms with Crippen LogP contribution in [0.15, 0.2) is 83.9 Å². The van der Waals surface area contributed by atoms with Crippen LogP contribution in [0.4, 0.5) is 8.78 Å². The summed E-state index contributed by atoms with van der Waals surface area (Å²) in [5.74, 6) is -1.13. The van der Waals surface area contributed by atoms with Crippen molar-refractivity contribution in [2.75, 3.05) is 0 Å². The van der Waals surface area contributed by atoms with E-state index in [4.69, 9.17) is 4.99 Å². The van der Waals surface area contributed by atoms with Gasteiger partial charge < -0.3 is 5.32 Å². The van der Waals surface area contributed by atoms with E-state index in [9.17, 15) is 8.78 Å². The van der Waals surface area contributed by atoms with Crippen LogP contribution in [0, 0.1) is 11.6 Å². The van der Waals surface area contributed by atoms with Crippen molar-refractivity contribution in [1.82, 2.24) is 5.32 Å². The third kappa shape index (κ3) is 4.54. The molecule has 1 aliphatic rings. The van der Waals surface area contributed by atoms with Gasteiger partial charge in [0.2, 0.25) is 0 Å². The van der Waals surface area contributed by atoms with Crippen LogP contribution in [0.2, 0.25) is 0 Å². The third-order valence-corrected chi connectivity index (χ3v) is 5.48. The first-order chi connectivity index (χ1) is 13.2. The number of rotatable bonds is 4. The number of benzene rings is 3. The molecule has 1 aliphatic heterocycles. The monoisotopic (exact) mass is 416 g/mol. The molecule has 0 fully saturated rings. The van der Waals surface area contributed by atoms with Gasteiger partial charge in [0.1, 0.15) is 6.04 Å². The Bertz CT molecular complexity index is 951. The Morgan fingerprint density at radius 2 is 1.46 bits per heavy atom. The highest BCUT2D eigenvalue weighted by Crippen LogP contribution is 2.38. The molecule has 0 bridgehead atoms. The second kappa shape index (κ2) is 9.22. The Hall–Kier alpha value is -2.37. The van der Waals surface area contributed by atoms with Gasteiger partial charge in [-0.25, -0.2) is 8.78 Å². The predicted octanol–water partition coefficient (Wildman–Crippen LogP) is 6.06. The summed E-state index contributed by atoms with van der Waals surface area (Å²) in [6.07, 6.45) is 0. The molecule has 4 rings (SSSR count). The molecule has 2 unspecified atom stereocenters. The first-order valence-corrected chi connectivity index (χ1v) is 9.70. The van der Waals surface area contributed by atoms with Crippen molar-refractivity contribution in [3.05, 3.63) is 107 Å². The summed E-state index contributed by atoms with van der Waals surface area (Å²) in [4.78, 5) is 4.87. The molecule has 0 aliphatic carbocycles. The largest absolute Gasteiger partial charge is 0.356 e. The van der Waals surface area contributed by atoms with Gasteiger partial charge in [-0.15, -0.1) is 12.4 Å². The van der Waals surface area contributed by atoms with Gasteiger partial charge in [-0.1, -0.05) is 78.5 Å². The fourth-order valence-electron chi connectivity index (χ4n) is 3.15. The number of aliphatic imine (C=N–C) groups is 1. The van der Waals surface area contributed by atoms with Crippen molar-refractivity contribution in [1.29, 1.82) is 0 Å². The Labute approximate surface area is 173 Å². The molecular weight excluding hydrogens is 398 g/mol. The zero-order valence-electron chi connectivity index (χ0n) is 14.9. The first kappa shape index (κ1) is 20.4. The lowest BCUT2D eigenvalue weighted by molar-refractivity contribution is 0.507. The molecule has 0 saturated carbocycles. The minimum absolute atomic E-state index is 0. The van der Waals surface area contributed by atoms with Crippen LogP contribution in [0.5, 0.6) is 0 Å². The van der Waals surface area contributed by atoms with Crippen molar-refractivity contribution in [3.63, 3.8) is 0 Å². The topological polar surface area (TPSA) is 24.4 Å². The molecule has 0 amide bonds. The SMILES string of the molecule is Cl.Fc1ccc(CSC2=NC(c3ccccc3)C(c3ccccc3)N2)cc1F. The molecule has 28 heavy (non-hydrogen) atoms. The van der Waals surface area contributed by atoms with E-state index in [1.54, 1.807) is 6.07 Å². The summed E-state index contributed by atoms with van der Waals surface area (Å²) >= 11 is 1.50. The molecule has 144 valence electrons. The number of nitrogens with one attached hydrogen (secondary N) is 1. The average molecular weight is 417 g/mol. The van der Waals surface area contributed by atoms with E-state index >= 15 is 0 Å². The third-order valence-electron chi connectivity index (χ3n) is 4.51. The fourth-order valence-corrected chi connectivity index (χ4v) is 4.03. The molecule has 6 heteroatoms. The van der Waals surface area contributed by atoms with Crippen LogP contribution in [0.3, 0.4) is 0 Å². The second-order valence-electron chi connectivity index (χ2n) is 6.36. The standard InChI is InChI=1S/C22H18F2N2S.ClH/c23-18-12-11-15(13-19(18)24)14-27-22-25-20(16-7-3-1-4-8-16)21(26-22)17-9-5-2-6-10-17;/h1-13,20-21H,14H2,(H,25,26);1H. The minimum atomic E-state index is -0.826. The van der Waals surface area contributed by atoms with E-state index in [-0.39, 0.29) is 24.5 Å². The normalized spacial score (nSPS) is 18.1. The zero-order chi connectivity index (χ0) is 18.6. The van der Waals surface area contributed by atoms with Gasteiger partial charge in [0.25, 0.3) is 0 Å². The van der Waals surface area contributed by atoms with Crippen molar-refractivity contribution < 1.29 is 8.78 Å². The smallest absolute Gasteiger partial charge is 0.159 e. The number of hydrogen-bond donors (Lipinski definition) is 1. The van der Waals surface area contributed by atoms with Crippen LogP contribution < -0.4 is 5.32 Å². The van der Waals surface area contributed by atoms with Gasteiger partial charge in [0, 0.05) is 5.75 Å². The number of amidine groups is 1. The first-order valence-electron chi connectivity index (χ1n) is 8.71. The van der Waals surface area contributed by atoms with E-state index < -0.39 is 11.6 Å². The molecule has 0 radical (unpaired) electrons. The Morgan fingerprint density at radius 1 is 0.821 bits per heavy atom. The second-order valence-corrected chi connectivity index (χ2v) is 7.32. The molecule has 3 aromatic rings. The van der Waals surface area contributed by atoms with Gasteiger partial charge in [0.05, 0.1) is 6.04 Å². The molecule has 1 heterocycles. The van der Waals surface area contributed by atoms with Crippen molar-refractivity contribution in [2.45, 2.75) is 17.8 Å². The van der Waals surface area contributed by atoms with Gasteiger partial charge in [-0.2, -0.15) is 0 Å². The quantitative estimate of drug-likeness (QED) is 0.558. The van der Waals surface area contributed by atoms with Gasteiger partial charge in [0.15, 0.2) is 16.8 Å². The van der Waals surface area contributed by atoms with Crippen LogP contribution in [-0.4, -0.2) is 5.17 Å². The van der Waals surface area contributed by atoms with Crippen LogP contribution in [0.1, 0.15) is 28.8 Å². The molecule has 2 nitrogen and oxygen atoms in total. The van der Waals surface area contributed by atoms with E-state index in [2.05, 4.69) is 29.6 Å². The molecule has 0 aromatic heterocycles. The Morgan fingerprint density at radius 3 is 2.11 bits per heavy atom. The molecule has 0 saturated heterocycles. The molecule has 3 aromatic carbocycles. The van der Waals surface area contributed by atoms with Crippen molar-refractivity contribution in [2.24, 2.45) is 4.99 Å². The van der Waals surface area contributed by atoms with E-state index in [1.807, 2.05) is 36.4 Å². The van der Waals surface area contributed by atoms with E-state index in [1.165, 1.54) is 23.4 Å². The van der Waals surface area contributed by atoms with E-state index in [0.717, 1.165) is 22.4 Å². The van der Waals surface area contributed by atoms with Crippen LogP contribution in [-0.2, 0) is 5.75 Å². The van der Waals surface area contributed by atoms with Crippen LogP contribution in [0.25, 0.3) is 0 Å². The fraction of sp³-hybridized carbons (Fsp3) is 0.136. The highest BCUT2D eigenvalue weighted by molar-refractivity contribution is 8.13. The maximum absolute atomic E-state index is 13.4. The Kier molecular flexibility index (Phi) is 6.70. The minimum Gasteiger partial charge on any atom is -0.356 e. The van der Waals surface area contributed by atoms with Gasteiger partial charge >= 0.3 is 0 Å². The highest BCUT2D eigenvalue weighted by atomic mass is 35.5. The predicted molar refractivity (Wildman–Crippen MR) is 114 cm³/mol.